The number of pyridine rings is 1. The molecular formula is C10H7BrClN3O2. The summed E-state index contributed by atoms with van der Waals surface area (Å²) in [6, 6.07) is 1.65. The second-order valence-electron chi connectivity index (χ2n) is 3.22. The van der Waals surface area contributed by atoms with Crippen molar-refractivity contribution in [2.75, 3.05) is 5.32 Å². The van der Waals surface area contributed by atoms with E-state index in [1.807, 2.05) is 0 Å². The maximum atomic E-state index is 11.8. The summed E-state index contributed by atoms with van der Waals surface area (Å²) in [5.41, 5.74) is 1.05. The molecular weight excluding hydrogens is 309 g/mol. The number of anilines is 1. The maximum absolute atomic E-state index is 11.8. The lowest BCUT2D eigenvalue weighted by Crippen LogP contribution is -2.12. The first-order valence-corrected chi connectivity index (χ1v) is 5.77. The van der Waals surface area contributed by atoms with Crippen LogP contribution in [-0.2, 0) is 0 Å². The number of nitrogens with zero attached hydrogens (tertiary/aromatic N) is 2. The minimum absolute atomic E-state index is 0.177. The van der Waals surface area contributed by atoms with Crippen LogP contribution in [0, 0.1) is 6.92 Å². The summed E-state index contributed by atoms with van der Waals surface area (Å²) in [5.74, 6) is -0.202. The molecule has 5 nitrogen and oxygen atoms in total. The van der Waals surface area contributed by atoms with Gasteiger partial charge in [0.2, 0.25) is 5.76 Å². The molecule has 17 heavy (non-hydrogen) atoms. The number of aryl methyl sites for hydroxylation is 1. The van der Waals surface area contributed by atoms with Gasteiger partial charge in [-0.2, -0.15) is 0 Å². The molecule has 0 aliphatic heterocycles. The second kappa shape index (κ2) is 4.85. The Morgan fingerprint density at radius 3 is 2.88 bits per heavy atom. The third-order valence-corrected chi connectivity index (χ3v) is 3.14. The van der Waals surface area contributed by atoms with Gasteiger partial charge in [-0.15, -0.1) is 0 Å². The van der Waals surface area contributed by atoms with Gasteiger partial charge in [0.25, 0.3) is 5.91 Å². The van der Waals surface area contributed by atoms with Crippen molar-refractivity contribution in [2.24, 2.45) is 0 Å². The molecule has 1 N–H and O–H groups in total. The highest BCUT2D eigenvalue weighted by Gasteiger charge is 2.14. The zero-order valence-electron chi connectivity index (χ0n) is 8.70. The lowest BCUT2D eigenvalue weighted by atomic mass is 10.3. The van der Waals surface area contributed by atoms with Crippen LogP contribution in [0.2, 0.25) is 5.15 Å². The molecule has 0 aromatic carbocycles. The molecule has 0 atom stereocenters. The van der Waals surface area contributed by atoms with Gasteiger partial charge < -0.3 is 9.73 Å². The van der Waals surface area contributed by atoms with E-state index in [-0.39, 0.29) is 11.7 Å². The van der Waals surface area contributed by atoms with Crippen molar-refractivity contribution in [3.8, 4) is 0 Å². The molecule has 1 amide bonds. The second-order valence-corrected chi connectivity index (χ2v) is 4.43. The predicted molar refractivity (Wildman–Crippen MR) is 66.1 cm³/mol. The van der Waals surface area contributed by atoms with E-state index in [1.165, 1.54) is 12.6 Å². The lowest BCUT2D eigenvalue weighted by Gasteiger charge is -2.04. The standard InChI is InChI=1S/C10H7BrClN3O2/c1-5-8(17-4-14-5)10(16)15-6-2-7(11)9(12)13-3-6/h2-4H,1H3,(H,15,16). The Labute approximate surface area is 110 Å². The molecule has 7 heteroatoms. The highest BCUT2D eigenvalue weighted by atomic mass is 79.9. The summed E-state index contributed by atoms with van der Waals surface area (Å²) < 4.78 is 5.57. The van der Waals surface area contributed by atoms with Crippen molar-refractivity contribution in [3.63, 3.8) is 0 Å². The summed E-state index contributed by atoms with van der Waals surface area (Å²) in [6.45, 7) is 1.69. The van der Waals surface area contributed by atoms with Gasteiger partial charge in [0.15, 0.2) is 6.39 Å². The smallest absolute Gasteiger partial charge is 0.293 e. The zero-order valence-corrected chi connectivity index (χ0v) is 11.0. The molecule has 2 aromatic heterocycles. The van der Waals surface area contributed by atoms with E-state index in [1.54, 1.807) is 13.0 Å². The van der Waals surface area contributed by atoms with Gasteiger partial charge in [-0.1, -0.05) is 11.6 Å². The van der Waals surface area contributed by atoms with E-state index in [2.05, 4.69) is 31.2 Å². The monoisotopic (exact) mass is 315 g/mol. The molecule has 0 bridgehead atoms. The van der Waals surface area contributed by atoms with Crippen LogP contribution in [0.25, 0.3) is 0 Å². The summed E-state index contributed by atoms with van der Waals surface area (Å²) in [7, 11) is 0. The van der Waals surface area contributed by atoms with Gasteiger partial charge in [0.05, 0.1) is 22.1 Å². The molecule has 0 saturated carbocycles. The largest absolute Gasteiger partial charge is 0.438 e. The molecule has 2 heterocycles. The molecule has 88 valence electrons. The summed E-state index contributed by atoms with van der Waals surface area (Å²) in [6.07, 6.45) is 2.68. The van der Waals surface area contributed by atoms with E-state index in [0.29, 0.717) is 21.0 Å². The van der Waals surface area contributed by atoms with Gasteiger partial charge in [-0.25, -0.2) is 9.97 Å². The van der Waals surface area contributed by atoms with Crippen LogP contribution in [0.15, 0.2) is 27.5 Å². The van der Waals surface area contributed by atoms with Crippen molar-refractivity contribution in [2.45, 2.75) is 6.92 Å². The number of hydrogen-bond donors (Lipinski definition) is 1. The fraction of sp³-hybridized carbons (Fsp3) is 0.100. The number of nitrogens with one attached hydrogen (secondary N) is 1. The van der Waals surface area contributed by atoms with E-state index in [0.717, 1.165) is 0 Å². The number of aromatic nitrogens is 2. The highest BCUT2D eigenvalue weighted by Crippen LogP contribution is 2.23. The summed E-state index contributed by atoms with van der Waals surface area (Å²) in [4.78, 5) is 19.5. The van der Waals surface area contributed by atoms with Crippen LogP contribution in [0.3, 0.4) is 0 Å². The first-order valence-electron chi connectivity index (χ1n) is 4.60. The quantitative estimate of drug-likeness (QED) is 0.865. The Kier molecular flexibility index (Phi) is 3.44. The van der Waals surface area contributed by atoms with Crippen LogP contribution in [-0.4, -0.2) is 15.9 Å². The van der Waals surface area contributed by atoms with E-state index >= 15 is 0 Å². The SMILES string of the molecule is Cc1ncoc1C(=O)Nc1cnc(Cl)c(Br)c1. The van der Waals surface area contributed by atoms with Crippen LogP contribution < -0.4 is 5.32 Å². The summed E-state index contributed by atoms with van der Waals surface area (Å²) >= 11 is 8.96. The molecule has 0 radical (unpaired) electrons. The number of oxazole rings is 1. The molecule has 2 rings (SSSR count). The maximum Gasteiger partial charge on any atom is 0.293 e. The normalized spacial score (nSPS) is 10.3. The predicted octanol–water partition coefficient (Wildman–Crippen LogP) is 3.05. The number of carbonyl (C=O) groups is 1. The fourth-order valence-corrected chi connectivity index (χ4v) is 1.65. The van der Waals surface area contributed by atoms with Gasteiger partial charge >= 0.3 is 0 Å². The molecule has 2 aromatic rings. The topological polar surface area (TPSA) is 68.0 Å². The fourth-order valence-electron chi connectivity index (χ4n) is 1.20. The van der Waals surface area contributed by atoms with E-state index < -0.39 is 0 Å². The lowest BCUT2D eigenvalue weighted by molar-refractivity contribution is 0.0996. The Morgan fingerprint density at radius 1 is 1.53 bits per heavy atom. The molecule has 0 saturated heterocycles. The van der Waals surface area contributed by atoms with Crippen LogP contribution in [0.4, 0.5) is 5.69 Å². The van der Waals surface area contributed by atoms with Gasteiger partial charge in [0, 0.05) is 0 Å². The third kappa shape index (κ3) is 2.65. The number of amides is 1. The first kappa shape index (κ1) is 12.1. The zero-order chi connectivity index (χ0) is 12.4. The first-order chi connectivity index (χ1) is 8.08. The van der Waals surface area contributed by atoms with Crippen LogP contribution >= 0.6 is 27.5 Å². The molecule has 0 fully saturated rings. The Hall–Kier alpha value is -1.40. The third-order valence-electron chi connectivity index (χ3n) is 2.01. The van der Waals surface area contributed by atoms with Crippen molar-refractivity contribution < 1.29 is 9.21 Å². The Morgan fingerprint density at radius 2 is 2.29 bits per heavy atom. The Balaban J connectivity index is 2.19. The molecule has 0 unspecified atom stereocenters. The minimum atomic E-state index is -0.379. The highest BCUT2D eigenvalue weighted by molar-refractivity contribution is 9.10. The minimum Gasteiger partial charge on any atom is -0.438 e. The molecule has 0 spiro atoms. The van der Waals surface area contributed by atoms with Crippen LogP contribution in [0.5, 0.6) is 0 Å². The van der Waals surface area contributed by atoms with Crippen molar-refractivity contribution >= 4 is 39.1 Å². The van der Waals surface area contributed by atoms with Gasteiger partial charge in [-0.3, -0.25) is 4.79 Å². The average Bonchev–Trinajstić information content (AvgIpc) is 2.70. The van der Waals surface area contributed by atoms with Gasteiger partial charge in [-0.05, 0) is 28.9 Å². The van der Waals surface area contributed by atoms with Crippen LogP contribution in [0.1, 0.15) is 16.2 Å². The molecule has 0 aliphatic rings. The Bertz CT molecular complexity index is 570. The van der Waals surface area contributed by atoms with E-state index in [9.17, 15) is 4.79 Å². The number of rotatable bonds is 2. The summed E-state index contributed by atoms with van der Waals surface area (Å²) in [5, 5.41) is 2.96. The molecule has 0 aliphatic carbocycles. The van der Waals surface area contributed by atoms with Crippen molar-refractivity contribution in [3.05, 3.63) is 39.7 Å². The van der Waals surface area contributed by atoms with Crippen molar-refractivity contribution in [1.29, 1.82) is 0 Å². The number of hydrogen-bond acceptors (Lipinski definition) is 4. The average molecular weight is 317 g/mol. The van der Waals surface area contributed by atoms with E-state index in [4.69, 9.17) is 16.0 Å². The van der Waals surface area contributed by atoms with Gasteiger partial charge in [0.1, 0.15) is 5.15 Å². The van der Waals surface area contributed by atoms with Crippen molar-refractivity contribution in [1.82, 2.24) is 9.97 Å². The number of halogens is 2. The number of carbonyl (C=O) groups excluding carboxylic acids is 1.